The van der Waals surface area contributed by atoms with Gasteiger partial charge in [0.2, 0.25) is 10.0 Å². The minimum absolute atomic E-state index is 0.121. The van der Waals surface area contributed by atoms with E-state index in [1.54, 1.807) is 34.9 Å². The average molecular weight is 302 g/mol. The summed E-state index contributed by atoms with van der Waals surface area (Å²) in [6.45, 7) is 2.29. The standard InChI is InChI=1S/C16H18N2O2S/c1-13-4-2-6-16(10-13)21(19,20)18(15-7-8-15)12-14-5-3-9-17-11-14/h2-6,9-11,15H,7-8,12H2,1H3. The smallest absolute Gasteiger partial charge is 0.243 e. The summed E-state index contributed by atoms with van der Waals surface area (Å²) in [7, 11) is -3.45. The summed E-state index contributed by atoms with van der Waals surface area (Å²) in [5, 5.41) is 0. The molecule has 2 aromatic rings. The average Bonchev–Trinajstić information content (AvgIpc) is 3.30. The highest BCUT2D eigenvalue weighted by Crippen LogP contribution is 2.33. The van der Waals surface area contributed by atoms with Crippen LogP contribution in [0, 0.1) is 6.92 Å². The lowest BCUT2D eigenvalue weighted by Crippen LogP contribution is -2.32. The first-order valence-corrected chi connectivity index (χ1v) is 8.49. The second-order valence-corrected chi connectivity index (χ2v) is 7.35. The Labute approximate surface area is 125 Å². The molecule has 0 atom stereocenters. The molecule has 0 radical (unpaired) electrons. The van der Waals surface area contributed by atoms with Crippen LogP contribution < -0.4 is 0 Å². The Morgan fingerprint density at radius 1 is 1.24 bits per heavy atom. The summed E-state index contributed by atoms with van der Waals surface area (Å²) in [5.41, 5.74) is 1.87. The molecule has 0 aliphatic heterocycles. The van der Waals surface area contributed by atoms with Gasteiger partial charge in [0, 0.05) is 25.0 Å². The van der Waals surface area contributed by atoms with Gasteiger partial charge in [-0.2, -0.15) is 4.31 Å². The molecule has 5 heteroatoms. The van der Waals surface area contributed by atoms with Gasteiger partial charge in [-0.05, 0) is 49.1 Å². The molecule has 1 aliphatic carbocycles. The van der Waals surface area contributed by atoms with Crippen LogP contribution in [0.25, 0.3) is 0 Å². The Bertz CT molecular complexity index is 725. The lowest BCUT2D eigenvalue weighted by atomic mass is 10.2. The molecule has 1 heterocycles. The topological polar surface area (TPSA) is 50.3 Å². The molecule has 0 amide bonds. The molecular weight excluding hydrogens is 284 g/mol. The Morgan fingerprint density at radius 2 is 2.05 bits per heavy atom. The molecule has 1 aromatic heterocycles. The van der Waals surface area contributed by atoms with Gasteiger partial charge in [0.15, 0.2) is 0 Å². The summed E-state index contributed by atoms with van der Waals surface area (Å²) in [6, 6.07) is 11.0. The maximum absolute atomic E-state index is 12.9. The van der Waals surface area contributed by atoms with Crippen molar-refractivity contribution in [3.8, 4) is 0 Å². The first-order valence-electron chi connectivity index (χ1n) is 7.05. The Balaban J connectivity index is 1.93. The number of aromatic nitrogens is 1. The first kappa shape index (κ1) is 14.2. The van der Waals surface area contributed by atoms with Crippen molar-refractivity contribution in [2.45, 2.75) is 37.2 Å². The van der Waals surface area contributed by atoms with Gasteiger partial charge in [0.05, 0.1) is 4.90 Å². The number of rotatable bonds is 5. The normalized spacial score (nSPS) is 15.3. The van der Waals surface area contributed by atoms with E-state index in [-0.39, 0.29) is 6.04 Å². The largest absolute Gasteiger partial charge is 0.264 e. The molecule has 0 spiro atoms. The fraction of sp³-hybridized carbons (Fsp3) is 0.312. The molecule has 1 aromatic carbocycles. The van der Waals surface area contributed by atoms with Crippen LogP contribution in [-0.4, -0.2) is 23.7 Å². The number of hydrogen-bond acceptors (Lipinski definition) is 3. The van der Waals surface area contributed by atoms with Crippen molar-refractivity contribution in [2.75, 3.05) is 0 Å². The summed E-state index contributed by atoms with van der Waals surface area (Å²) in [5.74, 6) is 0. The second-order valence-electron chi connectivity index (χ2n) is 5.46. The lowest BCUT2D eigenvalue weighted by molar-refractivity contribution is 0.398. The third-order valence-electron chi connectivity index (χ3n) is 3.61. The van der Waals surface area contributed by atoms with Crippen LogP contribution in [0.1, 0.15) is 24.0 Å². The van der Waals surface area contributed by atoms with Gasteiger partial charge in [-0.15, -0.1) is 0 Å². The Kier molecular flexibility index (Phi) is 3.78. The minimum atomic E-state index is -3.45. The van der Waals surface area contributed by atoms with Crippen LogP contribution in [-0.2, 0) is 16.6 Å². The van der Waals surface area contributed by atoms with Crippen LogP contribution in [0.15, 0.2) is 53.7 Å². The van der Waals surface area contributed by atoms with Gasteiger partial charge in [0.25, 0.3) is 0 Å². The van der Waals surface area contributed by atoms with Crippen molar-refractivity contribution < 1.29 is 8.42 Å². The van der Waals surface area contributed by atoms with E-state index in [4.69, 9.17) is 0 Å². The van der Waals surface area contributed by atoms with Gasteiger partial charge in [0.1, 0.15) is 0 Å². The third-order valence-corrected chi connectivity index (χ3v) is 5.51. The molecule has 1 saturated carbocycles. The van der Waals surface area contributed by atoms with Gasteiger partial charge < -0.3 is 0 Å². The Morgan fingerprint density at radius 3 is 2.67 bits per heavy atom. The molecule has 110 valence electrons. The molecule has 0 saturated heterocycles. The fourth-order valence-electron chi connectivity index (χ4n) is 2.36. The molecule has 21 heavy (non-hydrogen) atoms. The number of nitrogens with zero attached hydrogens (tertiary/aromatic N) is 2. The summed E-state index contributed by atoms with van der Waals surface area (Å²) in [6.07, 6.45) is 5.29. The maximum atomic E-state index is 12.9. The zero-order chi connectivity index (χ0) is 14.9. The van der Waals surface area contributed by atoms with Gasteiger partial charge >= 0.3 is 0 Å². The van der Waals surface area contributed by atoms with Crippen LogP contribution in [0.3, 0.4) is 0 Å². The van der Waals surface area contributed by atoms with E-state index >= 15 is 0 Å². The van der Waals surface area contributed by atoms with Crippen molar-refractivity contribution in [1.82, 2.24) is 9.29 Å². The number of aryl methyl sites for hydroxylation is 1. The first-order chi connectivity index (χ1) is 10.1. The molecule has 0 bridgehead atoms. The van der Waals surface area contributed by atoms with Crippen molar-refractivity contribution in [2.24, 2.45) is 0 Å². The predicted octanol–water partition coefficient (Wildman–Crippen LogP) is 2.74. The number of pyridine rings is 1. The van der Waals surface area contributed by atoms with E-state index in [0.29, 0.717) is 11.4 Å². The molecular formula is C16H18N2O2S. The highest BCUT2D eigenvalue weighted by Gasteiger charge is 2.38. The molecule has 1 fully saturated rings. The van der Waals surface area contributed by atoms with Crippen LogP contribution in [0.2, 0.25) is 0 Å². The monoisotopic (exact) mass is 302 g/mol. The van der Waals surface area contributed by atoms with Crippen LogP contribution >= 0.6 is 0 Å². The summed E-state index contributed by atoms with van der Waals surface area (Å²) >= 11 is 0. The van der Waals surface area contributed by atoms with Crippen molar-refractivity contribution in [3.63, 3.8) is 0 Å². The van der Waals surface area contributed by atoms with E-state index < -0.39 is 10.0 Å². The Hall–Kier alpha value is -1.72. The predicted molar refractivity (Wildman–Crippen MR) is 81.2 cm³/mol. The number of hydrogen-bond donors (Lipinski definition) is 0. The summed E-state index contributed by atoms with van der Waals surface area (Å²) in [4.78, 5) is 4.44. The third kappa shape index (κ3) is 3.14. The van der Waals surface area contributed by atoms with E-state index in [0.717, 1.165) is 24.0 Å². The van der Waals surface area contributed by atoms with Gasteiger partial charge in [-0.25, -0.2) is 8.42 Å². The lowest BCUT2D eigenvalue weighted by Gasteiger charge is -2.22. The zero-order valence-corrected chi connectivity index (χ0v) is 12.8. The maximum Gasteiger partial charge on any atom is 0.243 e. The van der Waals surface area contributed by atoms with Crippen molar-refractivity contribution in [3.05, 3.63) is 59.9 Å². The van der Waals surface area contributed by atoms with E-state index in [2.05, 4.69) is 4.98 Å². The molecule has 3 rings (SSSR count). The summed E-state index contributed by atoms with van der Waals surface area (Å²) < 4.78 is 27.4. The van der Waals surface area contributed by atoms with Gasteiger partial charge in [-0.1, -0.05) is 18.2 Å². The van der Waals surface area contributed by atoms with E-state index in [1.165, 1.54) is 0 Å². The zero-order valence-electron chi connectivity index (χ0n) is 11.9. The fourth-order valence-corrected chi connectivity index (χ4v) is 4.13. The van der Waals surface area contributed by atoms with Crippen LogP contribution in [0.4, 0.5) is 0 Å². The number of sulfonamides is 1. The highest BCUT2D eigenvalue weighted by atomic mass is 32.2. The van der Waals surface area contributed by atoms with Crippen molar-refractivity contribution >= 4 is 10.0 Å². The molecule has 0 N–H and O–H groups in total. The molecule has 1 aliphatic rings. The molecule has 0 unspecified atom stereocenters. The van der Waals surface area contributed by atoms with E-state index in [1.807, 2.05) is 25.1 Å². The van der Waals surface area contributed by atoms with Crippen LogP contribution in [0.5, 0.6) is 0 Å². The minimum Gasteiger partial charge on any atom is -0.264 e. The molecule has 4 nitrogen and oxygen atoms in total. The van der Waals surface area contributed by atoms with Crippen molar-refractivity contribution in [1.29, 1.82) is 0 Å². The number of benzene rings is 1. The quantitative estimate of drug-likeness (QED) is 0.853. The highest BCUT2D eigenvalue weighted by molar-refractivity contribution is 7.89. The van der Waals surface area contributed by atoms with Gasteiger partial charge in [-0.3, -0.25) is 4.98 Å². The SMILES string of the molecule is Cc1cccc(S(=O)(=O)N(Cc2cccnc2)C2CC2)c1. The second kappa shape index (κ2) is 5.58. The van der Waals surface area contributed by atoms with E-state index in [9.17, 15) is 8.42 Å².